The van der Waals surface area contributed by atoms with Crippen LogP contribution in [0.3, 0.4) is 0 Å². The van der Waals surface area contributed by atoms with Gasteiger partial charge in [-0.15, -0.1) is 34.0 Å². The molecule has 0 aliphatic rings. The topological polar surface area (TPSA) is 25.8 Å². The maximum Gasteiger partial charge on any atom is 0.116 e. The highest BCUT2D eigenvalue weighted by molar-refractivity contribution is 7.26. The second-order valence-corrected chi connectivity index (χ2v) is 13.2. The summed E-state index contributed by atoms with van der Waals surface area (Å²) in [6, 6.07) is 11.6. The molecule has 4 aromatic heterocycles. The van der Waals surface area contributed by atoms with Crippen molar-refractivity contribution < 1.29 is 0 Å². The summed E-state index contributed by atoms with van der Waals surface area (Å²) in [6.45, 7) is 11.5. The first-order chi connectivity index (χ1) is 15.8. The van der Waals surface area contributed by atoms with E-state index >= 15 is 0 Å². The number of hydrogen-bond acceptors (Lipinski definition) is 5. The Balaban J connectivity index is 1.61. The van der Waals surface area contributed by atoms with Crippen LogP contribution in [0.25, 0.3) is 51.7 Å². The Morgan fingerprint density at radius 3 is 2.52 bits per heavy atom. The molecule has 0 fully saturated rings. The van der Waals surface area contributed by atoms with Gasteiger partial charge in [0, 0.05) is 25.0 Å². The van der Waals surface area contributed by atoms with Crippen molar-refractivity contribution in [1.29, 1.82) is 0 Å². The Morgan fingerprint density at radius 1 is 0.909 bits per heavy atom. The number of rotatable bonds is 3. The van der Waals surface area contributed by atoms with Gasteiger partial charge >= 0.3 is 0 Å². The first-order valence-electron chi connectivity index (χ1n) is 11.4. The van der Waals surface area contributed by atoms with Crippen LogP contribution in [-0.4, -0.2) is 9.97 Å². The number of hydrogen-bond donors (Lipinski definition) is 0. The smallest absolute Gasteiger partial charge is 0.116 e. The fraction of sp³-hybridized carbons (Fsp3) is 0.286. The molecule has 0 aliphatic carbocycles. The summed E-state index contributed by atoms with van der Waals surface area (Å²) >= 11 is 5.52. The van der Waals surface area contributed by atoms with E-state index in [0.717, 1.165) is 17.6 Å². The maximum atomic E-state index is 4.81. The molecule has 33 heavy (non-hydrogen) atoms. The third kappa shape index (κ3) is 3.49. The second kappa shape index (κ2) is 7.59. The lowest BCUT2D eigenvalue weighted by molar-refractivity contribution is 0.597. The van der Waals surface area contributed by atoms with Crippen LogP contribution >= 0.6 is 34.0 Å². The van der Waals surface area contributed by atoms with Crippen LogP contribution in [0.15, 0.2) is 47.4 Å². The third-order valence-corrected chi connectivity index (χ3v) is 9.39. The summed E-state index contributed by atoms with van der Waals surface area (Å²) in [6.07, 6.45) is 2.86. The van der Waals surface area contributed by atoms with Crippen LogP contribution in [0.2, 0.25) is 0 Å². The van der Waals surface area contributed by atoms with E-state index < -0.39 is 0 Å². The van der Waals surface area contributed by atoms with Crippen molar-refractivity contribution in [2.24, 2.45) is 5.92 Å². The number of fused-ring (bicyclic) bond motifs is 5. The number of benzene rings is 2. The van der Waals surface area contributed by atoms with Crippen LogP contribution in [0, 0.1) is 5.92 Å². The van der Waals surface area contributed by atoms with E-state index in [2.05, 4.69) is 75.7 Å². The van der Waals surface area contributed by atoms with Gasteiger partial charge in [0.2, 0.25) is 0 Å². The Hall–Kier alpha value is -2.34. The average molecular weight is 487 g/mol. The second-order valence-electron chi connectivity index (χ2n) is 10.3. The molecule has 0 bridgehead atoms. The molecule has 0 atom stereocenters. The van der Waals surface area contributed by atoms with E-state index in [0.29, 0.717) is 5.92 Å². The first kappa shape index (κ1) is 21.2. The monoisotopic (exact) mass is 486 g/mol. The SMILES string of the molecule is CC(C)Cc1csc2cc3c(cc12)sc1c(-c2cc(C(C)(C)C)c4sccc4c2)ncnc13. The average Bonchev–Trinajstić information content (AvgIpc) is 3.47. The standard InChI is InChI=1S/C28H26N2S3/c1-15(2)8-18-13-32-22-12-20-23(11-19(18)22)33-27-24(29-14-30-25(20)27)17-9-16-6-7-31-26(16)21(10-17)28(3,4)5/h6-7,9-15H,8H2,1-5H3. The zero-order chi connectivity index (χ0) is 22.9. The van der Waals surface area contributed by atoms with Crippen LogP contribution in [0.1, 0.15) is 45.7 Å². The lowest BCUT2D eigenvalue weighted by Crippen LogP contribution is -2.11. The minimum Gasteiger partial charge on any atom is -0.235 e. The summed E-state index contributed by atoms with van der Waals surface area (Å²) in [5.74, 6) is 0.655. The molecular weight excluding hydrogens is 461 g/mol. The van der Waals surface area contributed by atoms with Crippen LogP contribution in [-0.2, 0) is 11.8 Å². The first-order valence-corrected chi connectivity index (χ1v) is 14.0. The molecule has 0 saturated carbocycles. The van der Waals surface area contributed by atoms with Crippen molar-refractivity contribution >= 4 is 74.5 Å². The van der Waals surface area contributed by atoms with Gasteiger partial charge in [-0.1, -0.05) is 34.6 Å². The number of nitrogens with zero attached hydrogens (tertiary/aromatic N) is 2. The summed E-state index contributed by atoms with van der Waals surface area (Å²) in [4.78, 5) is 9.55. The van der Waals surface area contributed by atoms with Crippen LogP contribution in [0.5, 0.6) is 0 Å². The van der Waals surface area contributed by atoms with E-state index in [-0.39, 0.29) is 5.41 Å². The van der Waals surface area contributed by atoms with Gasteiger partial charge < -0.3 is 0 Å². The van der Waals surface area contributed by atoms with Gasteiger partial charge in [-0.05, 0) is 80.7 Å². The normalized spacial score (nSPS) is 12.8. The van der Waals surface area contributed by atoms with E-state index in [9.17, 15) is 0 Å². The zero-order valence-electron chi connectivity index (χ0n) is 19.5. The molecule has 0 amide bonds. The van der Waals surface area contributed by atoms with E-state index in [1.165, 1.54) is 51.6 Å². The minimum atomic E-state index is 0.0720. The zero-order valence-corrected chi connectivity index (χ0v) is 22.0. The highest BCUT2D eigenvalue weighted by atomic mass is 32.1. The molecule has 0 radical (unpaired) electrons. The Bertz CT molecular complexity index is 1660. The predicted molar refractivity (Wildman–Crippen MR) is 148 cm³/mol. The van der Waals surface area contributed by atoms with Crippen molar-refractivity contribution in [3.05, 3.63) is 58.5 Å². The summed E-state index contributed by atoms with van der Waals surface area (Å²) in [5.41, 5.74) is 6.23. The molecule has 2 aromatic carbocycles. The number of aromatic nitrogens is 2. The predicted octanol–water partition coefficient (Wildman–Crippen LogP) is 9.44. The molecule has 0 spiro atoms. The minimum absolute atomic E-state index is 0.0720. The van der Waals surface area contributed by atoms with E-state index in [1.54, 1.807) is 6.33 Å². The van der Waals surface area contributed by atoms with Crippen LogP contribution in [0.4, 0.5) is 0 Å². The molecule has 0 aliphatic heterocycles. The molecule has 0 saturated heterocycles. The lowest BCUT2D eigenvalue weighted by Gasteiger charge is -2.21. The summed E-state index contributed by atoms with van der Waals surface area (Å²) in [5, 5.41) is 8.48. The molecule has 0 unspecified atom stereocenters. The van der Waals surface area contributed by atoms with Gasteiger partial charge in [-0.25, -0.2) is 9.97 Å². The highest BCUT2D eigenvalue weighted by Crippen LogP contribution is 2.43. The van der Waals surface area contributed by atoms with Gasteiger partial charge in [0.05, 0.1) is 15.9 Å². The third-order valence-electron chi connectivity index (χ3n) is 6.29. The summed E-state index contributed by atoms with van der Waals surface area (Å²) < 4.78 is 5.22. The molecule has 5 heteroatoms. The van der Waals surface area contributed by atoms with E-state index in [1.807, 2.05) is 34.0 Å². The van der Waals surface area contributed by atoms with Crippen molar-refractivity contribution in [1.82, 2.24) is 9.97 Å². The van der Waals surface area contributed by atoms with Gasteiger partial charge in [-0.3, -0.25) is 0 Å². The Kier molecular flexibility index (Phi) is 4.88. The van der Waals surface area contributed by atoms with Crippen LogP contribution < -0.4 is 0 Å². The Labute approximate surface area is 205 Å². The van der Waals surface area contributed by atoms with Crippen molar-refractivity contribution in [3.8, 4) is 11.3 Å². The van der Waals surface area contributed by atoms with Gasteiger partial charge in [0.15, 0.2) is 0 Å². The van der Waals surface area contributed by atoms with Crippen molar-refractivity contribution in [2.45, 2.75) is 46.5 Å². The lowest BCUT2D eigenvalue weighted by atomic mass is 9.85. The van der Waals surface area contributed by atoms with Gasteiger partial charge in [0.1, 0.15) is 6.33 Å². The molecule has 0 N–H and O–H groups in total. The Morgan fingerprint density at radius 2 is 1.73 bits per heavy atom. The molecule has 6 aromatic rings. The van der Waals surface area contributed by atoms with Gasteiger partial charge in [-0.2, -0.15) is 0 Å². The van der Waals surface area contributed by atoms with Gasteiger partial charge in [0.25, 0.3) is 0 Å². The highest BCUT2D eigenvalue weighted by Gasteiger charge is 2.21. The van der Waals surface area contributed by atoms with Crippen molar-refractivity contribution in [2.75, 3.05) is 0 Å². The largest absolute Gasteiger partial charge is 0.235 e. The molecule has 166 valence electrons. The molecule has 2 nitrogen and oxygen atoms in total. The van der Waals surface area contributed by atoms with Crippen molar-refractivity contribution in [3.63, 3.8) is 0 Å². The molecular formula is C28H26N2S3. The quantitative estimate of drug-likeness (QED) is 0.249. The fourth-order valence-corrected chi connectivity index (χ4v) is 8.02. The fourth-order valence-electron chi connectivity index (χ4n) is 4.73. The summed E-state index contributed by atoms with van der Waals surface area (Å²) in [7, 11) is 0. The number of thiophene rings is 3. The maximum absolute atomic E-state index is 4.81. The van der Waals surface area contributed by atoms with E-state index in [4.69, 9.17) is 9.97 Å². The molecule has 6 rings (SSSR count). The molecule has 4 heterocycles.